The van der Waals surface area contributed by atoms with E-state index in [0.717, 1.165) is 12.3 Å². The second-order valence-electron chi connectivity index (χ2n) is 3.96. The molecule has 2 nitrogen and oxygen atoms in total. The minimum Gasteiger partial charge on any atom is -0.497 e. The number of hydrogen-bond acceptors (Lipinski definition) is 3. The Morgan fingerprint density at radius 3 is 2.88 bits per heavy atom. The molecule has 0 fully saturated rings. The molecule has 90 valence electrons. The number of methoxy groups -OCH3 is 1. The van der Waals surface area contributed by atoms with E-state index in [4.69, 9.17) is 4.74 Å². The van der Waals surface area contributed by atoms with Crippen molar-refractivity contribution >= 4 is 11.3 Å². The van der Waals surface area contributed by atoms with Crippen LogP contribution in [0.4, 0.5) is 0 Å². The van der Waals surface area contributed by atoms with E-state index in [1.165, 1.54) is 10.4 Å². The summed E-state index contributed by atoms with van der Waals surface area (Å²) in [6.45, 7) is 3.08. The highest BCUT2D eigenvalue weighted by atomic mass is 32.1. The molecule has 0 aliphatic rings. The van der Waals surface area contributed by atoms with Gasteiger partial charge in [-0.15, -0.1) is 11.3 Å². The van der Waals surface area contributed by atoms with Crippen LogP contribution < -0.4 is 10.1 Å². The maximum absolute atomic E-state index is 5.23. The van der Waals surface area contributed by atoms with E-state index in [-0.39, 0.29) is 0 Å². The molecular weight excluding hydrogens is 230 g/mol. The minimum absolute atomic E-state index is 0.326. The number of rotatable bonds is 5. The van der Waals surface area contributed by atoms with Crippen LogP contribution >= 0.6 is 11.3 Å². The zero-order chi connectivity index (χ0) is 12.1. The number of ether oxygens (including phenoxy) is 1. The summed E-state index contributed by atoms with van der Waals surface area (Å²) in [5, 5.41) is 5.61. The molecule has 3 heteroatoms. The first-order valence-electron chi connectivity index (χ1n) is 5.69. The third kappa shape index (κ3) is 3.32. The molecule has 0 radical (unpaired) electrons. The predicted molar refractivity (Wildman–Crippen MR) is 72.6 cm³/mol. The van der Waals surface area contributed by atoms with Crippen LogP contribution in [0.15, 0.2) is 41.8 Å². The van der Waals surface area contributed by atoms with Gasteiger partial charge in [-0.25, -0.2) is 0 Å². The van der Waals surface area contributed by atoms with Gasteiger partial charge in [-0.1, -0.05) is 18.2 Å². The first-order chi connectivity index (χ1) is 8.29. The number of nitrogens with one attached hydrogen (secondary N) is 1. The fraction of sp³-hybridized carbons (Fsp3) is 0.286. The van der Waals surface area contributed by atoms with Crippen LogP contribution in [0.3, 0.4) is 0 Å². The third-order valence-electron chi connectivity index (χ3n) is 2.76. The molecule has 0 spiro atoms. The van der Waals surface area contributed by atoms with E-state index in [9.17, 15) is 0 Å². The Morgan fingerprint density at radius 2 is 2.18 bits per heavy atom. The monoisotopic (exact) mass is 247 g/mol. The summed E-state index contributed by atoms with van der Waals surface area (Å²) in [5.74, 6) is 0.910. The molecule has 0 bridgehead atoms. The standard InChI is InChI=1S/C14H17NOS/c1-11(15-10-14-7-4-8-17-14)12-5-3-6-13(9-12)16-2/h3-9,11,15H,10H2,1-2H3. The van der Waals surface area contributed by atoms with Gasteiger partial charge >= 0.3 is 0 Å². The molecule has 1 aromatic heterocycles. The zero-order valence-electron chi connectivity index (χ0n) is 10.1. The van der Waals surface area contributed by atoms with E-state index >= 15 is 0 Å². The first-order valence-corrected chi connectivity index (χ1v) is 6.57. The van der Waals surface area contributed by atoms with Crippen molar-refractivity contribution in [3.05, 3.63) is 52.2 Å². The second-order valence-corrected chi connectivity index (χ2v) is 4.99. The van der Waals surface area contributed by atoms with E-state index in [1.54, 1.807) is 18.4 Å². The molecule has 2 rings (SSSR count). The van der Waals surface area contributed by atoms with Crippen molar-refractivity contribution in [2.75, 3.05) is 7.11 Å². The van der Waals surface area contributed by atoms with Crippen LogP contribution in [-0.4, -0.2) is 7.11 Å². The molecule has 2 aromatic rings. The molecular formula is C14H17NOS. The molecule has 0 aliphatic heterocycles. The summed E-state index contributed by atoms with van der Waals surface area (Å²) in [5.41, 5.74) is 1.25. The average molecular weight is 247 g/mol. The van der Waals surface area contributed by atoms with Crippen LogP contribution in [0.25, 0.3) is 0 Å². The first kappa shape index (κ1) is 12.1. The second kappa shape index (κ2) is 5.84. The summed E-state index contributed by atoms with van der Waals surface area (Å²) >= 11 is 1.78. The molecule has 17 heavy (non-hydrogen) atoms. The van der Waals surface area contributed by atoms with Crippen LogP contribution in [0.1, 0.15) is 23.4 Å². The lowest BCUT2D eigenvalue weighted by Crippen LogP contribution is -2.17. The van der Waals surface area contributed by atoms with E-state index in [0.29, 0.717) is 6.04 Å². The maximum Gasteiger partial charge on any atom is 0.119 e. The van der Waals surface area contributed by atoms with Crippen molar-refractivity contribution in [1.82, 2.24) is 5.32 Å². The number of thiophene rings is 1. The van der Waals surface area contributed by atoms with Gasteiger partial charge in [-0.2, -0.15) is 0 Å². The molecule has 0 aliphatic carbocycles. The van der Waals surface area contributed by atoms with Crippen LogP contribution in [0.2, 0.25) is 0 Å². The maximum atomic E-state index is 5.23. The van der Waals surface area contributed by atoms with Crippen molar-refractivity contribution in [3.8, 4) is 5.75 Å². The molecule has 1 heterocycles. The summed E-state index contributed by atoms with van der Waals surface area (Å²) in [6, 6.07) is 12.7. The zero-order valence-corrected chi connectivity index (χ0v) is 11.0. The Labute approximate surface area is 106 Å². The third-order valence-corrected chi connectivity index (χ3v) is 3.63. The van der Waals surface area contributed by atoms with Gasteiger partial charge in [0.1, 0.15) is 5.75 Å². The lowest BCUT2D eigenvalue weighted by atomic mass is 10.1. The van der Waals surface area contributed by atoms with Crippen LogP contribution in [0, 0.1) is 0 Å². The van der Waals surface area contributed by atoms with Crippen molar-refractivity contribution in [3.63, 3.8) is 0 Å². The SMILES string of the molecule is COc1cccc(C(C)NCc2cccs2)c1. The minimum atomic E-state index is 0.326. The smallest absolute Gasteiger partial charge is 0.119 e. The Balaban J connectivity index is 1.96. The quantitative estimate of drug-likeness (QED) is 0.871. The van der Waals surface area contributed by atoms with Crippen molar-refractivity contribution in [2.24, 2.45) is 0 Å². The highest BCUT2D eigenvalue weighted by molar-refractivity contribution is 7.09. The van der Waals surface area contributed by atoms with Crippen molar-refractivity contribution in [1.29, 1.82) is 0 Å². The molecule has 1 atom stereocenters. The van der Waals surface area contributed by atoms with E-state index < -0.39 is 0 Å². The molecule has 1 N–H and O–H groups in total. The summed E-state index contributed by atoms with van der Waals surface area (Å²) < 4.78 is 5.23. The highest BCUT2D eigenvalue weighted by Crippen LogP contribution is 2.19. The lowest BCUT2D eigenvalue weighted by Gasteiger charge is -2.14. The van der Waals surface area contributed by atoms with Crippen LogP contribution in [0.5, 0.6) is 5.75 Å². The number of hydrogen-bond donors (Lipinski definition) is 1. The predicted octanol–water partition coefficient (Wildman–Crippen LogP) is 3.61. The normalized spacial score (nSPS) is 12.4. The fourth-order valence-electron chi connectivity index (χ4n) is 1.70. The Bertz CT molecular complexity index is 453. The van der Waals surface area contributed by atoms with E-state index in [1.807, 2.05) is 12.1 Å². The van der Waals surface area contributed by atoms with Gasteiger partial charge in [0.2, 0.25) is 0 Å². The Morgan fingerprint density at radius 1 is 1.29 bits per heavy atom. The topological polar surface area (TPSA) is 21.3 Å². The summed E-state index contributed by atoms with van der Waals surface area (Å²) in [4.78, 5) is 1.36. The lowest BCUT2D eigenvalue weighted by molar-refractivity contribution is 0.413. The van der Waals surface area contributed by atoms with Gasteiger partial charge in [0.15, 0.2) is 0 Å². The Kier molecular flexibility index (Phi) is 4.18. The van der Waals surface area contributed by atoms with E-state index in [2.05, 4.69) is 41.9 Å². The van der Waals surface area contributed by atoms with Crippen molar-refractivity contribution < 1.29 is 4.74 Å². The fourth-order valence-corrected chi connectivity index (χ4v) is 2.35. The van der Waals surface area contributed by atoms with Gasteiger partial charge in [0, 0.05) is 17.5 Å². The average Bonchev–Trinajstić information content (AvgIpc) is 2.89. The number of benzene rings is 1. The van der Waals surface area contributed by atoms with Gasteiger partial charge in [-0.3, -0.25) is 0 Å². The molecule has 1 aromatic carbocycles. The highest BCUT2D eigenvalue weighted by Gasteiger charge is 2.05. The largest absolute Gasteiger partial charge is 0.497 e. The molecule has 1 unspecified atom stereocenters. The van der Waals surface area contributed by atoms with Crippen molar-refractivity contribution in [2.45, 2.75) is 19.5 Å². The molecule has 0 amide bonds. The molecule has 0 saturated heterocycles. The van der Waals surface area contributed by atoms with Gasteiger partial charge in [0.25, 0.3) is 0 Å². The summed E-state index contributed by atoms with van der Waals surface area (Å²) in [6.07, 6.45) is 0. The molecule has 0 saturated carbocycles. The van der Waals surface area contributed by atoms with Gasteiger partial charge in [-0.05, 0) is 36.1 Å². The van der Waals surface area contributed by atoms with Crippen LogP contribution in [-0.2, 0) is 6.54 Å². The Hall–Kier alpha value is -1.32. The summed E-state index contributed by atoms with van der Waals surface area (Å²) in [7, 11) is 1.70. The van der Waals surface area contributed by atoms with Gasteiger partial charge < -0.3 is 10.1 Å². The van der Waals surface area contributed by atoms with Gasteiger partial charge in [0.05, 0.1) is 7.11 Å².